The first-order valence-electron chi connectivity index (χ1n) is 11.6. The summed E-state index contributed by atoms with van der Waals surface area (Å²) in [7, 11) is 1.62. The molecule has 0 bridgehead atoms. The molecule has 0 aliphatic heterocycles. The van der Waals surface area contributed by atoms with Crippen molar-refractivity contribution in [3.63, 3.8) is 0 Å². The Balaban J connectivity index is 1.63. The fourth-order valence-electron chi connectivity index (χ4n) is 3.63. The minimum absolute atomic E-state index is 0.0245. The third-order valence-corrected chi connectivity index (χ3v) is 5.73. The molecule has 7 nitrogen and oxygen atoms in total. The van der Waals surface area contributed by atoms with E-state index in [9.17, 15) is 4.79 Å². The van der Waals surface area contributed by atoms with Gasteiger partial charge >= 0.3 is 5.97 Å². The Bertz CT molecular complexity index is 1080. The Morgan fingerprint density at radius 1 is 1.06 bits per heavy atom. The van der Waals surface area contributed by atoms with E-state index in [-0.39, 0.29) is 12.0 Å². The van der Waals surface area contributed by atoms with E-state index in [0.29, 0.717) is 36.2 Å². The highest BCUT2D eigenvalue weighted by molar-refractivity contribution is 6.30. The number of nitrogens with zero attached hydrogens (tertiary/aromatic N) is 2. The van der Waals surface area contributed by atoms with Gasteiger partial charge in [-0.25, -0.2) is 9.97 Å². The summed E-state index contributed by atoms with van der Waals surface area (Å²) in [5.41, 5.74) is 1.87. The second-order valence-corrected chi connectivity index (χ2v) is 8.41. The Morgan fingerprint density at radius 2 is 1.82 bits per heavy atom. The third-order valence-electron chi connectivity index (χ3n) is 5.48. The second-order valence-electron chi connectivity index (χ2n) is 7.98. The molecular weight excluding hydrogens is 454 g/mol. The monoisotopic (exact) mass is 485 g/mol. The number of unbranched alkanes of at least 4 members (excludes halogenated alkanes) is 3. The van der Waals surface area contributed by atoms with Gasteiger partial charge in [-0.3, -0.25) is 4.79 Å². The average Bonchev–Trinajstić information content (AvgIpc) is 2.83. The summed E-state index contributed by atoms with van der Waals surface area (Å²) in [5.74, 6) is 1.87. The Kier molecular flexibility index (Phi) is 9.76. The summed E-state index contributed by atoms with van der Waals surface area (Å²) < 4.78 is 16.5. The van der Waals surface area contributed by atoms with Crippen molar-refractivity contribution in [3.8, 4) is 11.5 Å². The lowest BCUT2D eigenvalue weighted by molar-refractivity contribution is -0.143. The number of anilines is 1. The summed E-state index contributed by atoms with van der Waals surface area (Å²) in [6.45, 7) is 4.88. The second kappa shape index (κ2) is 13.0. The summed E-state index contributed by atoms with van der Waals surface area (Å²) >= 11 is 6.02. The maximum atomic E-state index is 11.4. The predicted octanol–water partition coefficient (Wildman–Crippen LogP) is 6.36. The molecule has 0 spiro atoms. The van der Waals surface area contributed by atoms with Gasteiger partial charge in [-0.05, 0) is 50.5 Å². The molecule has 1 N–H and O–H groups in total. The van der Waals surface area contributed by atoms with Crippen LogP contribution in [-0.2, 0) is 9.53 Å². The van der Waals surface area contributed by atoms with Gasteiger partial charge in [0, 0.05) is 28.9 Å². The molecule has 0 fully saturated rings. The molecule has 8 heteroatoms. The molecule has 1 atom stereocenters. The van der Waals surface area contributed by atoms with Crippen LogP contribution in [0.2, 0.25) is 5.02 Å². The first-order chi connectivity index (χ1) is 16.5. The van der Waals surface area contributed by atoms with Crippen molar-refractivity contribution < 1.29 is 19.0 Å². The van der Waals surface area contributed by atoms with Crippen molar-refractivity contribution in [3.05, 3.63) is 53.3 Å². The van der Waals surface area contributed by atoms with Crippen LogP contribution in [0.5, 0.6) is 11.5 Å². The number of fused-ring (bicyclic) bond motifs is 1. The minimum atomic E-state index is -0.128. The van der Waals surface area contributed by atoms with Gasteiger partial charge in [0.25, 0.3) is 0 Å². The van der Waals surface area contributed by atoms with Gasteiger partial charge in [0.2, 0.25) is 0 Å². The van der Waals surface area contributed by atoms with E-state index < -0.39 is 0 Å². The molecule has 0 aliphatic rings. The smallest absolute Gasteiger partial charge is 0.305 e. The van der Waals surface area contributed by atoms with Crippen LogP contribution < -0.4 is 14.8 Å². The summed E-state index contributed by atoms with van der Waals surface area (Å²) in [6.07, 6.45) is 5.66. The molecule has 0 amide bonds. The number of halogens is 1. The topological polar surface area (TPSA) is 82.6 Å². The van der Waals surface area contributed by atoms with Gasteiger partial charge in [-0.15, -0.1) is 0 Å². The van der Waals surface area contributed by atoms with Gasteiger partial charge < -0.3 is 19.5 Å². The minimum Gasteiger partial charge on any atom is -0.493 e. The summed E-state index contributed by atoms with van der Waals surface area (Å²) in [5, 5.41) is 5.03. The zero-order valence-corrected chi connectivity index (χ0v) is 20.7. The van der Waals surface area contributed by atoms with Crippen molar-refractivity contribution in [1.29, 1.82) is 0 Å². The van der Waals surface area contributed by atoms with E-state index in [1.807, 2.05) is 43.3 Å². The lowest BCUT2D eigenvalue weighted by atomic mass is 10.1. The van der Waals surface area contributed by atoms with E-state index in [1.165, 1.54) is 6.33 Å². The lowest BCUT2D eigenvalue weighted by Gasteiger charge is -2.17. The molecule has 1 unspecified atom stereocenters. The number of ether oxygens (including phenoxy) is 3. The van der Waals surface area contributed by atoms with Crippen LogP contribution in [0, 0.1) is 0 Å². The highest BCUT2D eigenvalue weighted by atomic mass is 35.5. The highest BCUT2D eigenvalue weighted by Crippen LogP contribution is 2.35. The van der Waals surface area contributed by atoms with Gasteiger partial charge in [-0.2, -0.15) is 0 Å². The molecule has 2 aromatic carbocycles. The molecule has 0 aliphatic carbocycles. The molecule has 3 aromatic rings. The van der Waals surface area contributed by atoms with Crippen LogP contribution in [0.3, 0.4) is 0 Å². The predicted molar refractivity (Wildman–Crippen MR) is 135 cm³/mol. The van der Waals surface area contributed by atoms with E-state index in [2.05, 4.69) is 22.2 Å². The number of hydrogen-bond donors (Lipinski definition) is 1. The fraction of sp³-hybridized carbons (Fsp3) is 0.423. The van der Waals surface area contributed by atoms with Crippen molar-refractivity contribution in [2.45, 2.75) is 52.0 Å². The van der Waals surface area contributed by atoms with Crippen molar-refractivity contribution in [2.24, 2.45) is 0 Å². The largest absolute Gasteiger partial charge is 0.493 e. The molecule has 34 heavy (non-hydrogen) atoms. The van der Waals surface area contributed by atoms with Crippen LogP contribution in [0.15, 0.2) is 42.7 Å². The fourth-order valence-corrected chi connectivity index (χ4v) is 3.76. The summed E-state index contributed by atoms with van der Waals surface area (Å²) in [4.78, 5) is 20.3. The zero-order chi connectivity index (χ0) is 24.3. The molecule has 3 rings (SSSR count). The molecule has 1 heterocycles. The van der Waals surface area contributed by atoms with Crippen molar-refractivity contribution in [1.82, 2.24) is 9.97 Å². The number of esters is 1. The standard InChI is InChI=1S/C26H32ClN3O4/c1-4-33-25(31)9-7-5-6-8-14-34-24-15-21-22(16-23(24)32-3)28-17-29-26(21)30-18(2)19-10-12-20(27)13-11-19/h10-13,15-18H,4-9,14H2,1-3H3,(H,28,29,30). The van der Waals surface area contributed by atoms with Gasteiger partial charge in [0.15, 0.2) is 11.5 Å². The number of rotatable bonds is 13. The number of carbonyl (C=O) groups excluding carboxylic acids is 1. The number of nitrogens with one attached hydrogen (secondary N) is 1. The highest BCUT2D eigenvalue weighted by Gasteiger charge is 2.14. The van der Waals surface area contributed by atoms with Gasteiger partial charge in [-0.1, -0.05) is 36.6 Å². The van der Waals surface area contributed by atoms with E-state index in [1.54, 1.807) is 7.11 Å². The maximum absolute atomic E-state index is 11.4. The first-order valence-corrected chi connectivity index (χ1v) is 12.0. The number of benzene rings is 2. The van der Waals surface area contributed by atoms with Crippen LogP contribution in [0.25, 0.3) is 10.9 Å². The zero-order valence-electron chi connectivity index (χ0n) is 20.0. The maximum Gasteiger partial charge on any atom is 0.305 e. The summed E-state index contributed by atoms with van der Waals surface area (Å²) in [6, 6.07) is 11.6. The lowest BCUT2D eigenvalue weighted by Crippen LogP contribution is -2.09. The molecule has 0 saturated heterocycles. The SMILES string of the molecule is CCOC(=O)CCCCCCOc1cc2c(NC(C)c3ccc(Cl)cc3)ncnc2cc1OC. The Hall–Kier alpha value is -3.06. The van der Waals surface area contributed by atoms with Gasteiger partial charge in [0.05, 0.1) is 25.8 Å². The molecule has 182 valence electrons. The normalized spacial score (nSPS) is 11.8. The number of methoxy groups -OCH3 is 1. The van der Waals surface area contributed by atoms with E-state index in [4.69, 9.17) is 25.8 Å². The third kappa shape index (κ3) is 7.22. The van der Waals surface area contributed by atoms with Crippen LogP contribution in [0.1, 0.15) is 57.6 Å². The Morgan fingerprint density at radius 3 is 2.56 bits per heavy atom. The van der Waals surface area contributed by atoms with E-state index >= 15 is 0 Å². The van der Waals surface area contributed by atoms with Crippen molar-refractivity contribution in [2.75, 3.05) is 25.6 Å². The van der Waals surface area contributed by atoms with Crippen LogP contribution in [0.4, 0.5) is 5.82 Å². The van der Waals surface area contributed by atoms with E-state index in [0.717, 1.165) is 48.0 Å². The number of aromatic nitrogens is 2. The van der Waals surface area contributed by atoms with Crippen LogP contribution >= 0.6 is 11.6 Å². The quantitative estimate of drug-likeness (QED) is 0.223. The van der Waals surface area contributed by atoms with Crippen LogP contribution in [-0.4, -0.2) is 36.3 Å². The molecule has 0 radical (unpaired) electrons. The van der Waals surface area contributed by atoms with Crippen molar-refractivity contribution >= 4 is 34.3 Å². The number of carbonyl (C=O) groups is 1. The molecular formula is C26H32ClN3O4. The number of hydrogen-bond acceptors (Lipinski definition) is 7. The molecule has 0 saturated carbocycles. The average molecular weight is 486 g/mol. The first kappa shape index (κ1) is 25.6. The Labute approximate surface area is 205 Å². The van der Waals surface area contributed by atoms with Gasteiger partial charge in [0.1, 0.15) is 12.1 Å². The molecule has 1 aromatic heterocycles.